The van der Waals surface area contributed by atoms with Gasteiger partial charge in [0.2, 0.25) is 15.9 Å². The highest BCUT2D eigenvalue weighted by atomic mass is 32.2. The van der Waals surface area contributed by atoms with Crippen LogP contribution in [-0.4, -0.2) is 44.4 Å². The second-order valence-electron chi connectivity index (χ2n) is 6.07. The zero-order valence-electron chi connectivity index (χ0n) is 14.5. The number of rotatable bonds is 6. The summed E-state index contributed by atoms with van der Waals surface area (Å²) in [6.07, 6.45) is 1.51. The molecule has 2 rings (SSSR count). The molecule has 1 N–H and O–H groups in total. The molecule has 1 fully saturated rings. The van der Waals surface area contributed by atoms with E-state index in [1.54, 1.807) is 18.2 Å². The van der Waals surface area contributed by atoms with Crippen molar-refractivity contribution >= 4 is 21.6 Å². The van der Waals surface area contributed by atoms with Crippen LogP contribution in [0, 0.1) is 5.92 Å². The summed E-state index contributed by atoms with van der Waals surface area (Å²) in [4.78, 5) is 12.4. The molecule has 1 aliphatic rings. The number of morpholine rings is 1. The molecule has 0 bridgehead atoms. The van der Waals surface area contributed by atoms with Crippen LogP contribution in [0.5, 0.6) is 0 Å². The van der Waals surface area contributed by atoms with Gasteiger partial charge in [0, 0.05) is 24.2 Å². The van der Waals surface area contributed by atoms with Gasteiger partial charge in [-0.05, 0) is 38.0 Å². The standard InChI is InChI=1S/C17H26N2O4S/c1-4-14(5-2)17(20)18-15-7-6-8-16(11-15)24(21,22)19-9-10-23-12-13(19)3/h6-8,11,13-14H,4-5,9-10,12H2,1-3H3,(H,18,20). The normalized spacial score (nSPS) is 19.4. The highest BCUT2D eigenvalue weighted by molar-refractivity contribution is 7.89. The molecule has 0 saturated carbocycles. The molecule has 0 aromatic heterocycles. The van der Waals surface area contributed by atoms with Crippen LogP contribution in [0.4, 0.5) is 5.69 Å². The first-order chi connectivity index (χ1) is 11.4. The van der Waals surface area contributed by atoms with E-state index in [-0.39, 0.29) is 22.8 Å². The molecule has 1 heterocycles. The molecule has 1 amide bonds. The number of nitrogens with zero attached hydrogens (tertiary/aromatic N) is 1. The fraction of sp³-hybridized carbons (Fsp3) is 0.588. The molecule has 1 aliphatic heterocycles. The Kier molecular flexibility index (Phi) is 6.37. The maximum atomic E-state index is 12.8. The number of carbonyl (C=O) groups excluding carboxylic acids is 1. The predicted octanol–water partition coefficient (Wildman–Crippen LogP) is 2.47. The third-order valence-corrected chi connectivity index (χ3v) is 6.38. The zero-order valence-corrected chi connectivity index (χ0v) is 15.3. The van der Waals surface area contributed by atoms with Gasteiger partial charge in [0.05, 0.1) is 18.1 Å². The van der Waals surface area contributed by atoms with E-state index < -0.39 is 10.0 Å². The number of hydrogen-bond donors (Lipinski definition) is 1. The number of nitrogens with one attached hydrogen (secondary N) is 1. The van der Waals surface area contributed by atoms with E-state index in [1.807, 2.05) is 20.8 Å². The van der Waals surface area contributed by atoms with E-state index in [2.05, 4.69) is 5.32 Å². The first-order valence-electron chi connectivity index (χ1n) is 8.40. The van der Waals surface area contributed by atoms with Gasteiger partial charge in [-0.2, -0.15) is 4.31 Å². The molecular formula is C17H26N2O4S. The van der Waals surface area contributed by atoms with Crippen LogP contribution in [0.3, 0.4) is 0 Å². The van der Waals surface area contributed by atoms with Crippen molar-refractivity contribution < 1.29 is 17.9 Å². The quantitative estimate of drug-likeness (QED) is 0.851. The molecule has 0 aliphatic carbocycles. The lowest BCUT2D eigenvalue weighted by Gasteiger charge is -2.32. The van der Waals surface area contributed by atoms with Crippen molar-refractivity contribution in [3.63, 3.8) is 0 Å². The summed E-state index contributed by atoms with van der Waals surface area (Å²) in [6.45, 7) is 6.89. The molecule has 0 radical (unpaired) electrons. The summed E-state index contributed by atoms with van der Waals surface area (Å²) in [5.41, 5.74) is 0.508. The third-order valence-electron chi connectivity index (χ3n) is 4.37. The summed E-state index contributed by atoms with van der Waals surface area (Å²) >= 11 is 0. The number of benzene rings is 1. The van der Waals surface area contributed by atoms with Gasteiger partial charge in [-0.1, -0.05) is 19.9 Å². The lowest BCUT2D eigenvalue weighted by molar-refractivity contribution is -0.120. The summed E-state index contributed by atoms with van der Waals surface area (Å²) in [6, 6.07) is 6.25. The maximum absolute atomic E-state index is 12.8. The minimum atomic E-state index is -3.60. The van der Waals surface area contributed by atoms with E-state index >= 15 is 0 Å². The second-order valence-corrected chi connectivity index (χ2v) is 7.96. The van der Waals surface area contributed by atoms with E-state index in [0.29, 0.717) is 25.4 Å². The molecule has 1 saturated heterocycles. The Balaban J connectivity index is 2.21. The summed E-state index contributed by atoms with van der Waals surface area (Å²) < 4.78 is 32.4. The van der Waals surface area contributed by atoms with Crippen molar-refractivity contribution in [2.45, 2.75) is 44.6 Å². The van der Waals surface area contributed by atoms with Gasteiger partial charge in [0.15, 0.2) is 0 Å². The molecule has 134 valence electrons. The van der Waals surface area contributed by atoms with Crippen LogP contribution < -0.4 is 5.32 Å². The van der Waals surface area contributed by atoms with Gasteiger partial charge in [0.25, 0.3) is 0 Å². The van der Waals surface area contributed by atoms with Crippen LogP contribution >= 0.6 is 0 Å². The van der Waals surface area contributed by atoms with Gasteiger partial charge in [-0.15, -0.1) is 0 Å². The van der Waals surface area contributed by atoms with Crippen LogP contribution in [0.25, 0.3) is 0 Å². The number of sulfonamides is 1. The first kappa shape index (κ1) is 18.9. The van der Waals surface area contributed by atoms with Crippen LogP contribution in [0.15, 0.2) is 29.2 Å². The van der Waals surface area contributed by atoms with Crippen molar-refractivity contribution in [3.8, 4) is 0 Å². The Morgan fingerprint density at radius 2 is 2.08 bits per heavy atom. The Bertz CT molecular complexity index is 671. The Hall–Kier alpha value is -1.44. The second kappa shape index (κ2) is 8.09. The van der Waals surface area contributed by atoms with Crippen LogP contribution in [0.1, 0.15) is 33.6 Å². The van der Waals surface area contributed by atoms with Gasteiger partial charge < -0.3 is 10.1 Å². The topological polar surface area (TPSA) is 75.7 Å². The molecule has 24 heavy (non-hydrogen) atoms. The average Bonchev–Trinajstić information content (AvgIpc) is 2.56. The van der Waals surface area contributed by atoms with Crippen LogP contribution in [-0.2, 0) is 19.6 Å². The van der Waals surface area contributed by atoms with E-state index in [0.717, 1.165) is 12.8 Å². The Morgan fingerprint density at radius 1 is 1.38 bits per heavy atom. The molecule has 1 unspecified atom stereocenters. The fourth-order valence-electron chi connectivity index (χ4n) is 2.84. The first-order valence-corrected chi connectivity index (χ1v) is 9.84. The molecule has 1 aromatic carbocycles. The Labute approximate surface area is 144 Å². The van der Waals surface area contributed by atoms with E-state index in [4.69, 9.17) is 4.74 Å². The van der Waals surface area contributed by atoms with Crippen molar-refractivity contribution in [2.75, 3.05) is 25.1 Å². The molecule has 7 heteroatoms. The van der Waals surface area contributed by atoms with Crippen molar-refractivity contribution in [2.24, 2.45) is 5.92 Å². The summed E-state index contributed by atoms with van der Waals surface area (Å²) in [7, 11) is -3.60. The summed E-state index contributed by atoms with van der Waals surface area (Å²) in [5, 5.41) is 2.82. The van der Waals surface area contributed by atoms with Crippen molar-refractivity contribution in [1.29, 1.82) is 0 Å². The third kappa shape index (κ3) is 4.15. The van der Waals surface area contributed by atoms with Crippen LogP contribution in [0.2, 0.25) is 0 Å². The maximum Gasteiger partial charge on any atom is 0.243 e. The lowest BCUT2D eigenvalue weighted by Crippen LogP contribution is -2.46. The fourth-order valence-corrected chi connectivity index (χ4v) is 4.49. The minimum absolute atomic E-state index is 0.0653. The number of carbonyl (C=O) groups is 1. The predicted molar refractivity (Wildman–Crippen MR) is 93.3 cm³/mol. The van der Waals surface area contributed by atoms with E-state index in [1.165, 1.54) is 10.4 Å². The number of anilines is 1. The minimum Gasteiger partial charge on any atom is -0.378 e. The number of hydrogen-bond acceptors (Lipinski definition) is 4. The molecular weight excluding hydrogens is 328 g/mol. The largest absolute Gasteiger partial charge is 0.378 e. The Morgan fingerprint density at radius 3 is 2.71 bits per heavy atom. The number of amides is 1. The van der Waals surface area contributed by atoms with Crippen molar-refractivity contribution in [3.05, 3.63) is 24.3 Å². The smallest absolute Gasteiger partial charge is 0.243 e. The monoisotopic (exact) mass is 354 g/mol. The lowest BCUT2D eigenvalue weighted by atomic mass is 10.0. The molecule has 1 aromatic rings. The SMILES string of the molecule is CCC(CC)C(=O)Nc1cccc(S(=O)(=O)N2CCOCC2C)c1. The molecule has 1 atom stereocenters. The highest BCUT2D eigenvalue weighted by Crippen LogP contribution is 2.23. The summed E-state index contributed by atoms with van der Waals surface area (Å²) in [5.74, 6) is -0.140. The van der Waals surface area contributed by atoms with Gasteiger partial charge in [-0.3, -0.25) is 4.79 Å². The number of ether oxygens (including phenoxy) is 1. The van der Waals surface area contributed by atoms with Gasteiger partial charge in [-0.25, -0.2) is 8.42 Å². The van der Waals surface area contributed by atoms with Crippen molar-refractivity contribution in [1.82, 2.24) is 4.31 Å². The molecule has 0 spiro atoms. The van der Waals surface area contributed by atoms with Gasteiger partial charge in [0.1, 0.15) is 0 Å². The van der Waals surface area contributed by atoms with E-state index in [9.17, 15) is 13.2 Å². The molecule has 6 nitrogen and oxygen atoms in total. The zero-order chi connectivity index (χ0) is 17.7. The van der Waals surface area contributed by atoms with Gasteiger partial charge >= 0.3 is 0 Å². The highest BCUT2D eigenvalue weighted by Gasteiger charge is 2.31. The average molecular weight is 354 g/mol.